The van der Waals surface area contributed by atoms with Crippen LogP contribution in [0, 0.1) is 0 Å². The van der Waals surface area contributed by atoms with E-state index >= 15 is 0 Å². The standard InChI is InChI=1S/C10H19N3O3S/c1-4-5-13-10(11-7-12-13)6-9(14)8(2)17(3,15)16/h7-9,14H,4-6H2,1-3H3. The summed E-state index contributed by atoms with van der Waals surface area (Å²) in [6.45, 7) is 4.23. The summed E-state index contributed by atoms with van der Waals surface area (Å²) in [5, 5.41) is 13.1. The maximum Gasteiger partial charge on any atom is 0.152 e. The highest BCUT2D eigenvalue weighted by molar-refractivity contribution is 7.91. The summed E-state index contributed by atoms with van der Waals surface area (Å²) < 4.78 is 24.3. The predicted molar refractivity (Wildman–Crippen MR) is 64.3 cm³/mol. The minimum Gasteiger partial charge on any atom is -0.391 e. The van der Waals surface area contributed by atoms with E-state index in [4.69, 9.17) is 0 Å². The van der Waals surface area contributed by atoms with Gasteiger partial charge in [-0.1, -0.05) is 6.92 Å². The van der Waals surface area contributed by atoms with E-state index in [0.29, 0.717) is 5.82 Å². The highest BCUT2D eigenvalue weighted by atomic mass is 32.2. The second-order valence-electron chi connectivity index (χ2n) is 4.21. The van der Waals surface area contributed by atoms with Crippen LogP contribution in [0.15, 0.2) is 6.33 Å². The van der Waals surface area contributed by atoms with Crippen LogP contribution in [0.2, 0.25) is 0 Å². The second-order valence-corrected chi connectivity index (χ2v) is 6.61. The third-order valence-corrected chi connectivity index (χ3v) is 4.40. The molecule has 0 fully saturated rings. The molecule has 0 amide bonds. The Bertz CT molecular complexity index is 455. The van der Waals surface area contributed by atoms with Gasteiger partial charge in [0.2, 0.25) is 0 Å². The van der Waals surface area contributed by atoms with Gasteiger partial charge >= 0.3 is 0 Å². The van der Waals surface area contributed by atoms with Crippen molar-refractivity contribution in [3.63, 3.8) is 0 Å². The minimum absolute atomic E-state index is 0.203. The number of rotatable bonds is 6. The second kappa shape index (κ2) is 5.59. The first-order valence-corrected chi connectivity index (χ1v) is 7.55. The molecule has 0 aliphatic rings. The molecule has 1 aromatic heterocycles. The van der Waals surface area contributed by atoms with Crippen LogP contribution in [0.5, 0.6) is 0 Å². The van der Waals surface area contributed by atoms with Crippen molar-refractivity contribution in [1.82, 2.24) is 14.8 Å². The largest absolute Gasteiger partial charge is 0.391 e. The topological polar surface area (TPSA) is 85.1 Å². The van der Waals surface area contributed by atoms with Crippen molar-refractivity contribution in [2.24, 2.45) is 0 Å². The summed E-state index contributed by atoms with van der Waals surface area (Å²) >= 11 is 0. The number of nitrogens with zero attached hydrogens (tertiary/aromatic N) is 3. The Labute approximate surface area is 102 Å². The number of aliphatic hydroxyl groups excluding tert-OH is 1. The van der Waals surface area contributed by atoms with E-state index in [1.54, 1.807) is 4.68 Å². The molecule has 0 aliphatic carbocycles. The molecule has 98 valence electrons. The zero-order valence-corrected chi connectivity index (χ0v) is 11.2. The fourth-order valence-electron chi connectivity index (χ4n) is 1.48. The van der Waals surface area contributed by atoms with Gasteiger partial charge in [0.1, 0.15) is 12.2 Å². The van der Waals surface area contributed by atoms with Crippen molar-refractivity contribution >= 4 is 9.84 Å². The molecule has 0 bridgehead atoms. The number of hydrogen-bond acceptors (Lipinski definition) is 5. The van der Waals surface area contributed by atoms with Gasteiger partial charge in [-0.15, -0.1) is 0 Å². The van der Waals surface area contributed by atoms with Crippen LogP contribution in [0.25, 0.3) is 0 Å². The molecular weight excluding hydrogens is 242 g/mol. The van der Waals surface area contributed by atoms with Crippen molar-refractivity contribution in [2.75, 3.05) is 6.26 Å². The molecule has 1 aromatic rings. The van der Waals surface area contributed by atoms with Gasteiger partial charge in [-0.2, -0.15) is 5.10 Å². The van der Waals surface area contributed by atoms with E-state index in [1.807, 2.05) is 6.92 Å². The van der Waals surface area contributed by atoms with Crippen LogP contribution in [0.4, 0.5) is 0 Å². The number of hydrogen-bond donors (Lipinski definition) is 1. The normalized spacial score (nSPS) is 15.8. The van der Waals surface area contributed by atoms with Crippen molar-refractivity contribution in [2.45, 2.75) is 44.6 Å². The van der Waals surface area contributed by atoms with Gasteiger partial charge in [0.15, 0.2) is 9.84 Å². The molecule has 17 heavy (non-hydrogen) atoms. The number of aliphatic hydroxyl groups is 1. The number of sulfone groups is 1. The van der Waals surface area contributed by atoms with Gasteiger partial charge in [0.05, 0.1) is 11.4 Å². The van der Waals surface area contributed by atoms with E-state index in [9.17, 15) is 13.5 Å². The Hall–Kier alpha value is -0.950. The maximum absolute atomic E-state index is 11.3. The Balaban J connectivity index is 2.74. The lowest BCUT2D eigenvalue weighted by molar-refractivity contribution is 0.169. The number of aromatic nitrogens is 3. The zero-order chi connectivity index (χ0) is 13.1. The summed E-state index contributed by atoms with van der Waals surface area (Å²) in [6.07, 6.45) is 2.70. The molecule has 1 N–H and O–H groups in total. The molecule has 1 rings (SSSR count). The van der Waals surface area contributed by atoms with Gasteiger partial charge in [0, 0.05) is 19.2 Å². The Kier molecular flexibility index (Phi) is 4.64. The highest BCUT2D eigenvalue weighted by Gasteiger charge is 2.25. The van der Waals surface area contributed by atoms with Crippen molar-refractivity contribution in [1.29, 1.82) is 0 Å². The molecule has 0 radical (unpaired) electrons. The summed E-state index contributed by atoms with van der Waals surface area (Å²) in [5.41, 5.74) is 0. The van der Waals surface area contributed by atoms with Crippen molar-refractivity contribution in [3.8, 4) is 0 Å². The molecule has 0 saturated carbocycles. The molecule has 7 heteroatoms. The van der Waals surface area contributed by atoms with Gasteiger partial charge in [-0.05, 0) is 13.3 Å². The molecule has 0 spiro atoms. The van der Waals surface area contributed by atoms with Gasteiger partial charge in [-0.3, -0.25) is 4.68 Å². The van der Waals surface area contributed by atoms with Crippen LogP contribution in [-0.4, -0.2) is 45.9 Å². The summed E-state index contributed by atoms with van der Waals surface area (Å²) in [4.78, 5) is 4.04. The average molecular weight is 261 g/mol. The van der Waals surface area contributed by atoms with E-state index in [-0.39, 0.29) is 6.42 Å². The molecular formula is C10H19N3O3S. The third kappa shape index (κ3) is 3.78. The lowest BCUT2D eigenvalue weighted by Crippen LogP contribution is -2.33. The fraction of sp³-hybridized carbons (Fsp3) is 0.800. The first kappa shape index (κ1) is 14.1. The quantitative estimate of drug-likeness (QED) is 0.780. The van der Waals surface area contributed by atoms with E-state index in [1.165, 1.54) is 13.3 Å². The van der Waals surface area contributed by atoms with Gasteiger partial charge in [-0.25, -0.2) is 13.4 Å². The van der Waals surface area contributed by atoms with Crippen LogP contribution in [0.1, 0.15) is 26.1 Å². The number of aryl methyl sites for hydroxylation is 1. The van der Waals surface area contributed by atoms with Crippen LogP contribution in [-0.2, 0) is 22.8 Å². The first-order chi connectivity index (χ1) is 7.86. The fourth-order valence-corrected chi connectivity index (χ4v) is 2.15. The van der Waals surface area contributed by atoms with E-state index < -0.39 is 21.2 Å². The van der Waals surface area contributed by atoms with Crippen molar-refractivity contribution < 1.29 is 13.5 Å². The maximum atomic E-state index is 11.3. The van der Waals surface area contributed by atoms with Gasteiger partial charge in [0.25, 0.3) is 0 Å². The third-order valence-electron chi connectivity index (χ3n) is 2.74. The Morgan fingerprint density at radius 3 is 2.71 bits per heavy atom. The smallest absolute Gasteiger partial charge is 0.152 e. The molecule has 6 nitrogen and oxygen atoms in total. The van der Waals surface area contributed by atoms with Crippen LogP contribution in [0.3, 0.4) is 0 Å². The predicted octanol–water partition coefficient (Wildman–Crippen LogP) is 0.0246. The van der Waals surface area contributed by atoms with Gasteiger partial charge < -0.3 is 5.11 Å². The van der Waals surface area contributed by atoms with Crippen molar-refractivity contribution in [3.05, 3.63) is 12.2 Å². The summed E-state index contributed by atoms with van der Waals surface area (Å²) in [7, 11) is -3.24. The molecule has 2 atom stereocenters. The monoisotopic (exact) mass is 261 g/mol. The first-order valence-electron chi connectivity index (χ1n) is 5.59. The molecule has 1 heterocycles. The molecule has 0 saturated heterocycles. The van der Waals surface area contributed by atoms with Crippen LogP contribution >= 0.6 is 0 Å². The zero-order valence-electron chi connectivity index (χ0n) is 10.4. The molecule has 0 aromatic carbocycles. The highest BCUT2D eigenvalue weighted by Crippen LogP contribution is 2.09. The summed E-state index contributed by atoms with van der Waals surface area (Å²) in [5.74, 6) is 0.620. The van der Waals surface area contributed by atoms with E-state index in [2.05, 4.69) is 10.1 Å². The lowest BCUT2D eigenvalue weighted by Gasteiger charge is -2.16. The average Bonchev–Trinajstić information content (AvgIpc) is 2.64. The Morgan fingerprint density at radius 1 is 1.53 bits per heavy atom. The van der Waals surface area contributed by atoms with E-state index in [0.717, 1.165) is 19.2 Å². The SMILES string of the molecule is CCCn1ncnc1CC(O)C(C)S(C)(=O)=O. The Morgan fingerprint density at radius 2 is 2.18 bits per heavy atom. The molecule has 0 aliphatic heterocycles. The minimum atomic E-state index is -3.24. The summed E-state index contributed by atoms with van der Waals surface area (Å²) in [6, 6.07) is 0. The lowest BCUT2D eigenvalue weighted by atomic mass is 10.2. The van der Waals surface area contributed by atoms with Crippen LogP contribution < -0.4 is 0 Å². The molecule has 2 unspecified atom stereocenters.